The molecular weight excluding hydrogens is 318 g/mol. The van der Waals surface area contributed by atoms with Crippen LogP contribution in [0.5, 0.6) is 0 Å². The molecule has 0 bridgehead atoms. The highest BCUT2D eigenvalue weighted by Gasteiger charge is 2.57. The standard InChI is InChI=1S/C15H29N3O4S/c1-3-22-14-12-13(19)15(14)4-6-17(7-5-15)23(20,21)18-10-8-16(2)9-11-18/h13-14,19H,3-12H2,1-2H3/t13-,14+/m1/s1. The van der Waals surface area contributed by atoms with Crippen LogP contribution in [-0.2, 0) is 14.9 Å². The number of piperazine rings is 1. The summed E-state index contributed by atoms with van der Waals surface area (Å²) in [4.78, 5) is 2.15. The lowest BCUT2D eigenvalue weighted by atomic mass is 9.58. The van der Waals surface area contributed by atoms with Gasteiger partial charge in [0.1, 0.15) is 0 Å². The average Bonchev–Trinajstić information content (AvgIpc) is 2.55. The second kappa shape index (κ2) is 6.57. The Morgan fingerprint density at radius 2 is 1.65 bits per heavy atom. The summed E-state index contributed by atoms with van der Waals surface area (Å²) < 4.78 is 34.5. The van der Waals surface area contributed by atoms with Gasteiger partial charge in [-0.25, -0.2) is 0 Å². The van der Waals surface area contributed by atoms with Crippen LogP contribution in [0, 0.1) is 5.41 Å². The quantitative estimate of drug-likeness (QED) is 0.758. The number of ether oxygens (including phenoxy) is 1. The molecule has 0 aromatic heterocycles. The SMILES string of the molecule is CCO[C@H]1C[C@@H](O)C12CCN(S(=O)(=O)N1CCN(C)CC1)CC2. The van der Waals surface area contributed by atoms with E-state index in [0.29, 0.717) is 52.0 Å². The van der Waals surface area contributed by atoms with Crippen molar-refractivity contribution in [3.63, 3.8) is 0 Å². The molecule has 2 atom stereocenters. The Balaban J connectivity index is 1.62. The smallest absolute Gasteiger partial charge is 0.282 e. The zero-order valence-electron chi connectivity index (χ0n) is 14.1. The third-order valence-corrected chi connectivity index (χ3v) is 7.91. The number of rotatable bonds is 4. The van der Waals surface area contributed by atoms with Crippen molar-refractivity contribution >= 4 is 10.2 Å². The fourth-order valence-electron chi connectivity index (χ4n) is 4.13. The van der Waals surface area contributed by atoms with Crippen LogP contribution in [0.2, 0.25) is 0 Å². The summed E-state index contributed by atoms with van der Waals surface area (Å²) in [6.07, 6.45) is 1.78. The summed E-state index contributed by atoms with van der Waals surface area (Å²) in [7, 11) is -1.36. The van der Waals surface area contributed by atoms with Crippen LogP contribution in [0.15, 0.2) is 0 Å². The molecule has 0 aromatic rings. The third kappa shape index (κ3) is 3.05. The van der Waals surface area contributed by atoms with Crippen molar-refractivity contribution in [3.8, 4) is 0 Å². The van der Waals surface area contributed by atoms with Crippen LogP contribution in [0.25, 0.3) is 0 Å². The lowest BCUT2D eigenvalue weighted by Gasteiger charge is -2.56. The highest BCUT2D eigenvalue weighted by Crippen LogP contribution is 2.51. The van der Waals surface area contributed by atoms with Gasteiger partial charge in [0, 0.05) is 57.7 Å². The number of hydrogen-bond acceptors (Lipinski definition) is 5. The Hall–Kier alpha value is -0.250. The van der Waals surface area contributed by atoms with Gasteiger partial charge < -0.3 is 14.7 Å². The Morgan fingerprint density at radius 1 is 1.09 bits per heavy atom. The molecule has 1 spiro atoms. The first-order chi connectivity index (χ1) is 10.9. The largest absolute Gasteiger partial charge is 0.392 e. The second-order valence-electron chi connectivity index (χ2n) is 7.04. The predicted octanol–water partition coefficient (Wildman–Crippen LogP) is -0.269. The van der Waals surface area contributed by atoms with Gasteiger partial charge in [-0.2, -0.15) is 17.0 Å². The third-order valence-electron chi connectivity index (χ3n) is 5.88. The zero-order chi connectivity index (χ0) is 16.7. The van der Waals surface area contributed by atoms with Crippen molar-refractivity contribution < 1.29 is 18.3 Å². The van der Waals surface area contributed by atoms with Gasteiger partial charge in [-0.15, -0.1) is 0 Å². The molecule has 3 rings (SSSR count). The van der Waals surface area contributed by atoms with Crippen molar-refractivity contribution in [1.29, 1.82) is 0 Å². The van der Waals surface area contributed by atoms with Crippen molar-refractivity contribution in [2.45, 2.75) is 38.4 Å². The van der Waals surface area contributed by atoms with E-state index in [9.17, 15) is 13.5 Å². The topological polar surface area (TPSA) is 73.3 Å². The summed E-state index contributed by atoms with van der Waals surface area (Å²) in [6, 6.07) is 0. The minimum absolute atomic E-state index is 0.0796. The molecule has 23 heavy (non-hydrogen) atoms. The molecule has 0 amide bonds. The molecule has 0 aromatic carbocycles. The van der Waals surface area contributed by atoms with Crippen LogP contribution in [-0.4, -0.2) is 92.2 Å². The first kappa shape index (κ1) is 17.6. The maximum Gasteiger partial charge on any atom is 0.282 e. The number of piperidine rings is 1. The summed E-state index contributed by atoms with van der Waals surface area (Å²) in [5, 5.41) is 10.2. The van der Waals surface area contributed by atoms with Gasteiger partial charge in [-0.05, 0) is 26.8 Å². The number of aliphatic hydroxyl groups excluding tert-OH is 1. The van der Waals surface area contributed by atoms with Crippen molar-refractivity contribution in [3.05, 3.63) is 0 Å². The monoisotopic (exact) mass is 347 g/mol. The van der Waals surface area contributed by atoms with E-state index in [1.165, 1.54) is 0 Å². The highest BCUT2D eigenvalue weighted by molar-refractivity contribution is 7.86. The molecule has 7 nitrogen and oxygen atoms in total. The Bertz CT molecular complexity index is 509. The van der Waals surface area contributed by atoms with Crippen LogP contribution >= 0.6 is 0 Å². The van der Waals surface area contributed by atoms with Gasteiger partial charge in [0.05, 0.1) is 12.2 Å². The molecule has 2 heterocycles. The minimum atomic E-state index is -3.37. The molecule has 8 heteroatoms. The second-order valence-corrected chi connectivity index (χ2v) is 8.97. The van der Waals surface area contributed by atoms with Gasteiger partial charge in [0.2, 0.25) is 0 Å². The predicted molar refractivity (Wildman–Crippen MR) is 87.3 cm³/mol. The first-order valence-corrected chi connectivity index (χ1v) is 10.0. The molecule has 1 saturated carbocycles. The molecule has 0 unspecified atom stereocenters. The lowest BCUT2D eigenvalue weighted by Crippen LogP contribution is -2.63. The van der Waals surface area contributed by atoms with E-state index in [1.807, 2.05) is 14.0 Å². The fourth-order valence-corrected chi connectivity index (χ4v) is 5.73. The van der Waals surface area contributed by atoms with Crippen molar-refractivity contribution in [1.82, 2.24) is 13.5 Å². The molecule has 2 saturated heterocycles. The van der Waals surface area contributed by atoms with E-state index in [-0.39, 0.29) is 17.6 Å². The summed E-state index contributed by atoms with van der Waals surface area (Å²) in [5.74, 6) is 0. The van der Waals surface area contributed by atoms with E-state index in [1.54, 1.807) is 8.61 Å². The summed E-state index contributed by atoms with van der Waals surface area (Å²) in [6.45, 7) is 6.25. The van der Waals surface area contributed by atoms with Gasteiger partial charge in [0.25, 0.3) is 10.2 Å². The number of likely N-dealkylation sites (N-methyl/N-ethyl adjacent to an activating group) is 1. The molecule has 3 fully saturated rings. The van der Waals surface area contributed by atoms with E-state index < -0.39 is 10.2 Å². The molecule has 134 valence electrons. The van der Waals surface area contributed by atoms with E-state index in [4.69, 9.17) is 4.74 Å². The van der Waals surface area contributed by atoms with Crippen LogP contribution in [0.4, 0.5) is 0 Å². The normalized spacial score (nSPS) is 33.7. The molecule has 3 aliphatic rings. The maximum atomic E-state index is 12.8. The lowest BCUT2D eigenvalue weighted by molar-refractivity contribution is -0.206. The Morgan fingerprint density at radius 3 is 2.17 bits per heavy atom. The summed E-state index contributed by atoms with van der Waals surface area (Å²) in [5.41, 5.74) is -0.232. The number of nitrogens with zero attached hydrogens (tertiary/aromatic N) is 3. The van der Waals surface area contributed by atoms with E-state index >= 15 is 0 Å². The number of aliphatic hydroxyl groups is 1. The van der Waals surface area contributed by atoms with Crippen molar-refractivity contribution in [2.75, 3.05) is 52.9 Å². The van der Waals surface area contributed by atoms with Gasteiger partial charge >= 0.3 is 0 Å². The molecular formula is C15H29N3O4S. The summed E-state index contributed by atoms with van der Waals surface area (Å²) >= 11 is 0. The van der Waals surface area contributed by atoms with Gasteiger partial charge in [0.15, 0.2) is 0 Å². The Kier molecular flexibility index (Phi) is 5.02. The average molecular weight is 347 g/mol. The molecule has 1 aliphatic carbocycles. The van der Waals surface area contributed by atoms with Crippen molar-refractivity contribution in [2.24, 2.45) is 5.41 Å². The van der Waals surface area contributed by atoms with Crippen LogP contribution in [0.1, 0.15) is 26.2 Å². The first-order valence-electron chi connectivity index (χ1n) is 8.63. The molecule has 1 N–H and O–H groups in total. The fraction of sp³-hybridized carbons (Fsp3) is 1.00. The van der Waals surface area contributed by atoms with Crippen LogP contribution in [0.3, 0.4) is 0 Å². The van der Waals surface area contributed by atoms with Gasteiger partial charge in [-0.1, -0.05) is 0 Å². The zero-order valence-corrected chi connectivity index (χ0v) is 15.0. The molecule has 2 aliphatic heterocycles. The van der Waals surface area contributed by atoms with E-state index in [0.717, 1.165) is 13.1 Å². The Labute approximate surface area is 139 Å². The van der Waals surface area contributed by atoms with E-state index in [2.05, 4.69) is 4.90 Å². The molecule has 0 radical (unpaired) electrons. The minimum Gasteiger partial charge on any atom is -0.392 e. The van der Waals surface area contributed by atoms with Crippen LogP contribution < -0.4 is 0 Å². The number of hydrogen-bond donors (Lipinski definition) is 1. The maximum absolute atomic E-state index is 12.8. The highest BCUT2D eigenvalue weighted by atomic mass is 32.2. The van der Waals surface area contributed by atoms with Gasteiger partial charge in [-0.3, -0.25) is 0 Å².